The van der Waals surface area contributed by atoms with Gasteiger partial charge in [0.05, 0.1) is 5.75 Å². The Morgan fingerprint density at radius 2 is 2.35 bits per heavy atom. The standard InChI is InChI=1S/C11H11N3O2S/c1-8-3-2-4-9(5-8)14-7-12-13-11(14)17-6-10(15)16/h2-5,7H,6H2,1H3,(H,15,16). The summed E-state index contributed by atoms with van der Waals surface area (Å²) < 4.78 is 1.78. The predicted octanol–water partition coefficient (Wildman–Crippen LogP) is 1.75. The molecule has 0 amide bonds. The fourth-order valence-electron chi connectivity index (χ4n) is 1.40. The summed E-state index contributed by atoms with van der Waals surface area (Å²) in [5.41, 5.74) is 2.06. The molecular weight excluding hydrogens is 238 g/mol. The molecule has 2 aromatic rings. The molecule has 5 nitrogen and oxygen atoms in total. The van der Waals surface area contributed by atoms with E-state index in [9.17, 15) is 4.79 Å². The minimum Gasteiger partial charge on any atom is -0.481 e. The predicted molar refractivity (Wildman–Crippen MR) is 64.5 cm³/mol. The first-order valence-electron chi connectivity index (χ1n) is 4.98. The first-order valence-corrected chi connectivity index (χ1v) is 5.97. The molecule has 1 N–H and O–H groups in total. The number of nitrogens with zero attached hydrogens (tertiary/aromatic N) is 3. The molecule has 0 saturated heterocycles. The van der Waals surface area contributed by atoms with Crippen LogP contribution in [0.25, 0.3) is 5.69 Å². The lowest BCUT2D eigenvalue weighted by Crippen LogP contribution is -2.01. The average Bonchev–Trinajstić information content (AvgIpc) is 2.74. The van der Waals surface area contributed by atoms with Gasteiger partial charge >= 0.3 is 5.97 Å². The molecule has 0 aliphatic carbocycles. The Morgan fingerprint density at radius 3 is 3.06 bits per heavy atom. The van der Waals surface area contributed by atoms with E-state index in [4.69, 9.17) is 5.11 Å². The lowest BCUT2D eigenvalue weighted by molar-refractivity contribution is -0.133. The van der Waals surface area contributed by atoms with Crippen molar-refractivity contribution >= 4 is 17.7 Å². The van der Waals surface area contributed by atoms with Crippen molar-refractivity contribution in [2.75, 3.05) is 5.75 Å². The smallest absolute Gasteiger partial charge is 0.313 e. The number of aromatic nitrogens is 3. The van der Waals surface area contributed by atoms with Gasteiger partial charge in [-0.1, -0.05) is 23.9 Å². The van der Waals surface area contributed by atoms with E-state index in [2.05, 4.69) is 10.2 Å². The van der Waals surface area contributed by atoms with Gasteiger partial charge in [0.25, 0.3) is 0 Å². The van der Waals surface area contributed by atoms with Gasteiger partial charge in [-0.2, -0.15) is 0 Å². The highest BCUT2D eigenvalue weighted by Gasteiger charge is 2.09. The number of carboxylic acids is 1. The zero-order valence-electron chi connectivity index (χ0n) is 9.20. The van der Waals surface area contributed by atoms with Crippen molar-refractivity contribution in [3.05, 3.63) is 36.2 Å². The van der Waals surface area contributed by atoms with Gasteiger partial charge in [-0.25, -0.2) is 0 Å². The topological polar surface area (TPSA) is 68.0 Å². The molecule has 2 rings (SSSR count). The van der Waals surface area contributed by atoms with Crippen LogP contribution in [0.1, 0.15) is 5.56 Å². The molecule has 1 heterocycles. The van der Waals surface area contributed by atoms with E-state index in [-0.39, 0.29) is 5.75 Å². The van der Waals surface area contributed by atoms with Crippen LogP contribution in [0.15, 0.2) is 35.7 Å². The maximum atomic E-state index is 10.5. The van der Waals surface area contributed by atoms with E-state index in [1.807, 2.05) is 31.2 Å². The van der Waals surface area contributed by atoms with Crippen molar-refractivity contribution in [1.29, 1.82) is 0 Å². The highest BCUT2D eigenvalue weighted by atomic mass is 32.2. The van der Waals surface area contributed by atoms with Crippen LogP contribution in [0.2, 0.25) is 0 Å². The van der Waals surface area contributed by atoms with Crippen molar-refractivity contribution in [2.24, 2.45) is 0 Å². The monoisotopic (exact) mass is 249 g/mol. The number of carbonyl (C=O) groups is 1. The molecule has 0 unspecified atom stereocenters. The number of hydrogen-bond donors (Lipinski definition) is 1. The average molecular weight is 249 g/mol. The number of thioether (sulfide) groups is 1. The summed E-state index contributed by atoms with van der Waals surface area (Å²) in [4.78, 5) is 10.5. The molecule has 0 fully saturated rings. The largest absolute Gasteiger partial charge is 0.481 e. The Balaban J connectivity index is 2.27. The SMILES string of the molecule is Cc1cccc(-n2cnnc2SCC(=O)O)c1. The molecule has 0 saturated carbocycles. The fraction of sp³-hybridized carbons (Fsp3) is 0.182. The van der Waals surface area contributed by atoms with E-state index in [1.54, 1.807) is 10.9 Å². The summed E-state index contributed by atoms with van der Waals surface area (Å²) in [5, 5.41) is 16.9. The third-order valence-corrected chi connectivity index (χ3v) is 3.05. The molecule has 0 bridgehead atoms. The van der Waals surface area contributed by atoms with Crippen LogP contribution in [0.4, 0.5) is 0 Å². The van der Waals surface area contributed by atoms with E-state index >= 15 is 0 Å². The third-order valence-electron chi connectivity index (χ3n) is 2.12. The molecule has 1 aromatic heterocycles. The Hall–Kier alpha value is -1.82. The molecule has 1 aromatic carbocycles. The van der Waals surface area contributed by atoms with Crippen molar-refractivity contribution in [1.82, 2.24) is 14.8 Å². The van der Waals surface area contributed by atoms with Gasteiger partial charge in [-0.3, -0.25) is 9.36 Å². The highest BCUT2D eigenvalue weighted by molar-refractivity contribution is 7.99. The highest BCUT2D eigenvalue weighted by Crippen LogP contribution is 2.19. The van der Waals surface area contributed by atoms with Crippen LogP contribution in [-0.2, 0) is 4.79 Å². The Kier molecular flexibility index (Phi) is 3.43. The van der Waals surface area contributed by atoms with Crippen molar-refractivity contribution < 1.29 is 9.90 Å². The molecule has 88 valence electrons. The van der Waals surface area contributed by atoms with Gasteiger partial charge in [0.2, 0.25) is 0 Å². The van der Waals surface area contributed by atoms with E-state index in [1.165, 1.54) is 0 Å². The number of rotatable bonds is 4. The number of hydrogen-bond acceptors (Lipinski definition) is 4. The zero-order valence-corrected chi connectivity index (χ0v) is 10.0. The summed E-state index contributed by atoms with van der Waals surface area (Å²) in [6, 6.07) is 7.86. The first-order chi connectivity index (χ1) is 8.16. The van der Waals surface area contributed by atoms with Gasteiger partial charge in [-0.15, -0.1) is 10.2 Å². The normalized spacial score (nSPS) is 10.4. The quantitative estimate of drug-likeness (QED) is 0.836. The van der Waals surface area contributed by atoms with Crippen LogP contribution in [-0.4, -0.2) is 31.6 Å². The van der Waals surface area contributed by atoms with Crippen LogP contribution >= 0.6 is 11.8 Å². The summed E-state index contributed by atoms with van der Waals surface area (Å²) in [6.45, 7) is 2.00. The van der Waals surface area contributed by atoms with Crippen LogP contribution < -0.4 is 0 Å². The molecule has 0 spiro atoms. The van der Waals surface area contributed by atoms with Gasteiger partial charge in [0, 0.05) is 5.69 Å². The van der Waals surface area contributed by atoms with Crippen LogP contribution in [0, 0.1) is 6.92 Å². The molecule has 0 aliphatic heterocycles. The minimum absolute atomic E-state index is 0.0233. The molecule has 17 heavy (non-hydrogen) atoms. The van der Waals surface area contributed by atoms with E-state index in [0.717, 1.165) is 23.0 Å². The third kappa shape index (κ3) is 2.85. The summed E-state index contributed by atoms with van der Waals surface area (Å²) in [5.74, 6) is -0.890. The lowest BCUT2D eigenvalue weighted by atomic mass is 10.2. The lowest BCUT2D eigenvalue weighted by Gasteiger charge is -2.05. The second-order valence-electron chi connectivity index (χ2n) is 3.50. The number of carboxylic acid groups (broad SMARTS) is 1. The fourth-order valence-corrected chi connectivity index (χ4v) is 2.05. The Labute approximate surface area is 102 Å². The number of aliphatic carboxylic acids is 1. The molecule has 0 radical (unpaired) electrons. The van der Waals surface area contributed by atoms with Crippen LogP contribution in [0.3, 0.4) is 0 Å². The minimum atomic E-state index is -0.867. The molecule has 6 heteroatoms. The zero-order chi connectivity index (χ0) is 12.3. The Morgan fingerprint density at radius 1 is 1.53 bits per heavy atom. The van der Waals surface area contributed by atoms with Gasteiger partial charge < -0.3 is 5.11 Å². The Bertz CT molecular complexity index is 539. The molecule has 0 atom stereocenters. The van der Waals surface area contributed by atoms with E-state index < -0.39 is 5.97 Å². The van der Waals surface area contributed by atoms with Crippen LogP contribution in [0.5, 0.6) is 0 Å². The maximum Gasteiger partial charge on any atom is 0.313 e. The van der Waals surface area contributed by atoms with Gasteiger partial charge in [0.1, 0.15) is 6.33 Å². The number of aryl methyl sites for hydroxylation is 1. The van der Waals surface area contributed by atoms with E-state index in [0.29, 0.717) is 5.16 Å². The second kappa shape index (κ2) is 5.01. The van der Waals surface area contributed by atoms with Crippen molar-refractivity contribution in [3.8, 4) is 5.69 Å². The first kappa shape index (κ1) is 11.7. The maximum absolute atomic E-state index is 10.5. The second-order valence-corrected chi connectivity index (χ2v) is 4.45. The van der Waals surface area contributed by atoms with Gasteiger partial charge in [0.15, 0.2) is 5.16 Å². The summed E-state index contributed by atoms with van der Waals surface area (Å²) in [7, 11) is 0. The molecule has 0 aliphatic rings. The van der Waals surface area contributed by atoms with Crippen molar-refractivity contribution in [2.45, 2.75) is 12.1 Å². The number of benzene rings is 1. The molecular formula is C11H11N3O2S. The van der Waals surface area contributed by atoms with Gasteiger partial charge in [-0.05, 0) is 24.6 Å². The summed E-state index contributed by atoms with van der Waals surface area (Å²) in [6.07, 6.45) is 1.58. The van der Waals surface area contributed by atoms with Crippen molar-refractivity contribution in [3.63, 3.8) is 0 Å². The summed E-state index contributed by atoms with van der Waals surface area (Å²) >= 11 is 1.15.